The van der Waals surface area contributed by atoms with E-state index >= 15 is 0 Å². The highest BCUT2D eigenvalue weighted by atomic mass is 35.5. The highest BCUT2D eigenvalue weighted by molar-refractivity contribution is 7.89. The molecule has 0 radical (unpaired) electrons. The lowest BCUT2D eigenvalue weighted by Gasteiger charge is -2.15. The van der Waals surface area contributed by atoms with Gasteiger partial charge in [0.25, 0.3) is 0 Å². The van der Waals surface area contributed by atoms with Crippen molar-refractivity contribution in [3.8, 4) is 0 Å². The van der Waals surface area contributed by atoms with Crippen molar-refractivity contribution in [3.05, 3.63) is 64.7 Å². The Bertz CT molecular complexity index is 807. The maximum atomic E-state index is 12.6. The van der Waals surface area contributed by atoms with Crippen LogP contribution in [0.4, 0.5) is 0 Å². The van der Waals surface area contributed by atoms with Crippen LogP contribution in [0.2, 0.25) is 5.02 Å². The van der Waals surface area contributed by atoms with Crippen LogP contribution < -0.4 is 4.72 Å². The molecule has 2 rings (SSSR count). The number of nitrogens with one attached hydrogen (secondary N) is 1. The van der Waals surface area contributed by atoms with E-state index in [2.05, 4.69) is 4.72 Å². The molecule has 0 amide bonds. The number of halogens is 2. The van der Waals surface area contributed by atoms with Crippen LogP contribution in [-0.2, 0) is 10.0 Å². The molecular formula is C16H15Cl2NO3S. The first-order chi connectivity index (χ1) is 10.8. The highest BCUT2D eigenvalue weighted by Crippen LogP contribution is 2.25. The highest BCUT2D eigenvalue weighted by Gasteiger charge is 2.22. The summed E-state index contributed by atoms with van der Waals surface area (Å²) in [5.41, 5.74) is 1.03. The van der Waals surface area contributed by atoms with Gasteiger partial charge in [-0.25, -0.2) is 13.1 Å². The summed E-state index contributed by atoms with van der Waals surface area (Å²) in [5.74, 6) is -0.592. The fraction of sp³-hybridized carbons (Fsp3) is 0.188. The fourth-order valence-electron chi connectivity index (χ4n) is 2.07. The third kappa shape index (κ3) is 4.32. The third-order valence-corrected chi connectivity index (χ3v) is 5.56. The minimum Gasteiger partial charge on any atom is -0.293 e. The smallest absolute Gasteiger partial charge is 0.242 e. The lowest BCUT2D eigenvalue weighted by atomic mass is 10.1. The second-order valence-electron chi connectivity index (χ2n) is 4.96. The molecule has 0 aromatic heterocycles. The summed E-state index contributed by atoms with van der Waals surface area (Å²) in [4.78, 5) is 11.5. The van der Waals surface area contributed by atoms with Crippen molar-refractivity contribution >= 4 is 39.0 Å². The number of hydrogen-bond donors (Lipinski definition) is 1. The van der Waals surface area contributed by atoms with Crippen LogP contribution in [0, 0.1) is 0 Å². The van der Waals surface area contributed by atoms with E-state index in [1.807, 2.05) is 30.3 Å². The molecule has 0 aliphatic heterocycles. The molecule has 0 aliphatic carbocycles. The van der Waals surface area contributed by atoms with Gasteiger partial charge in [-0.15, -0.1) is 11.6 Å². The Morgan fingerprint density at radius 2 is 1.83 bits per heavy atom. The largest absolute Gasteiger partial charge is 0.293 e. The van der Waals surface area contributed by atoms with E-state index in [-0.39, 0.29) is 27.1 Å². The van der Waals surface area contributed by atoms with Crippen molar-refractivity contribution in [3.63, 3.8) is 0 Å². The van der Waals surface area contributed by atoms with Crippen LogP contribution in [0.1, 0.15) is 28.9 Å². The number of alkyl halides is 1. The summed E-state index contributed by atoms with van der Waals surface area (Å²) in [6.45, 7) is 1.73. The predicted octanol–water partition coefficient (Wildman–Crippen LogP) is 3.80. The first kappa shape index (κ1) is 17.9. The molecule has 0 saturated carbocycles. The van der Waals surface area contributed by atoms with Gasteiger partial charge in [0.1, 0.15) is 4.90 Å². The van der Waals surface area contributed by atoms with Crippen molar-refractivity contribution in [1.29, 1.82) is 0 Å². The molecule has 7 heteroatoms. The molecule has 1 N–H and O–H groups in total. The minimum absolute atomic E-state index is 0.0453. The van der Waals surface area contributed by atoms with E-state index < -0.39 is 16.1 Å². The summed E-state index contributed by atoms with van der Waals surface area (Å²) in [6, 6.07) is 12.8. The summed E-state index contributed by atoms with van der Waals surface area (Å²) in [7, 11) is -3.88. The molecule has 0 spiro atoms. The van der Waals surface area contributed by atoms with Crippen LogP contribution in [-0.4, -0.2) is 20.1 Å². The van der Waals surface area contributed by atoms with E-state index in [0.717, 1.165) is 5.56 Å². The Morgan fingerprint density at radius 1 is 1.17 bits per heavy atom. The van der Waals surface area contributed by atoms with Gasteiger partial charge in [-0.2, -0.15) is 0 Å². The van der Waals surface area contributed by atoms with Crippen molar-refractivity contribution in [2.45, 2.75) is 17.9 Å². The van der Waals surface area contributed by atoms with Gasteiger partial charge in [0.15, 0.2) is 5.78 Å². The molecule has 4 nitrogen and oxygen atoms in total. The first-order valence-corrected chi connectivity index (χ1v) is 9.20. The zero-order valence-electron chi connectivity index (χ0n) is 12.3. The zero-order chi connectivity index (χ0) is 17.0. The Hall–Kier alpha value is -1.40. The number of benzene rings is 2. The number of Topliss-reactive ketones (excluding diaryl/α,β-unsaturated/α-hetero) is 1. The molecule has 0 fully saturated rings. The van der Waals surface area contributed by atoms with Crippen molar-refractivity contribution in [1.82, 2.24) is 4.72 Å². The summed E-state index contributed by atoms with van der Waals surface area (Å²) in [6.07, 6.45) is 0. The number of carbonyl (C=O) groups is 1. The normalized spacial score (nSPS) is 12.8. The van der Waals surface area contributed by atoms with Crippen LogP contribution in [0.3, 0.4) is 0 Å². The SMILES string of the molecule is CC(NS(=O)(=O)c1cc(C(=O)CCl)ccc1Cl)c1ccccc1. The molecule has 1 atom stereocenters. The minimum atomic E-state index is -3.88. The lowest BCUT2D eigenvalue weighted by molar-refractivity contribution is 0.102. The van der Waals surface area contributed by atoms with E-state index in [1.165, 1.54) is 18.2 Å². The molecule has 23 heavy (non-hydrogen) atoms. The van der Waals surface area contributed by atoms with Gasteiger partial charge in [-0.3, -0.25) is 4.79 Å². The number of sulfonamides is 1. The van der Waals surface area contributed by atoms with Gasteiger partial charge in [-0.1, -0.05) is 41.9 Å². The van der Waals surface area contributed by atoms with Gasteiger partial charge in [0, 0.05) is 11.6 Å². The molecule has 122 valence electrons. The maximum Gasteiger partial charge on any atom is 0.242 e. The van der Waals surface area contributed by atoms with E-state index in [9.17, 15) is 13.2 Å². The second kappa shape index (κ2) is 7.45. The standard InChI is InChI=1S/C16H15Cl2NO3S/c1-11(12-5-3-2-4-6-12)19-23(21,22)16-9-13(15(20)10-17)7-8-14(16)18/h2-9,11,19H,10H2,1H3. The molecule has 1 unspecified atom stereocenters. The second-order valence-corrected chi connectivity index (χ2v) is 7.31. The summed E-state index contributed by atoms with van der Waals surface area (Å²) >= 11 is 11.5. The van der Waals surface area contributed by atoms with Crippen molar-refractivity contribution < 1.29 is 13.2 Å². The molecule has 0 aliphatic rings. The van der Waals surface area contributed by atoms with Crippen LogP contribution in [0.5, 0.6) is 0 Å². The van der Waals surface area contributed by atoms with Gasteiger partial charge < -0.3 is 0 Å². The monoisotopic (exact) mass is 371 g/mol. The average molecular weight is 372 g/mol. The van der Waals surface area contributed by atoms with Crippen LogP contribution in [0.25, 0.3) is 0 Å². The van der Waals surface area contributed by atoms with Gasteiger partial charge in [0.05, 0.1) is 10.9 Å². The molecule has 2 aromatic carbocycles. The quantitative estimate of drug-likeness (QED) is 0.620. The topological polar surface area (TPSA) is 63.2 Å². The molecule has 0 saturated heterocycles. The van der Waals surface area contributed by atoms with Crippen LogP contribution in [0.15, 0.2) is 53.4 Å². The average Bonchev–Trinajstić information content (AvgIpc) is 2.54. The Balaban J connectivity index is 2.34. The zero-order valence-corrected chi connectivity index (χ0v) is 14.6. The van der Waals surface area contributed by atoms with E-state index in [4.69, 9.17) is 23.2 Å². The molecular weight excluding hydrogens is 357 g/mol. The van der Waals surface area contributed by atoms with Gasteiger partial charge >= 0.3 is 0 Å². The molecule has 0 heterocycles. The first-order valence-electron chi connectivity index (χ1n) is 6.81. The summed E-state index contributed by atoms with van der Waals surface area (Å²) in [5, 5.41) is 0.0453. The summed E-state index contributed by atoms with van der Waals surface area (Å²) < 4.78 is 27.7. The molecule has 0 bridgehead atoms. The van der Waals surface area contributed by atoms with Crippen molar-refractivity contribution in [2.24, 2.45) is 0 Å². The predicted molar refractivity (Wildman–Crippen MR) is 91.7 cm³/mol. The van der Waals surface area contributed by atoms with Gasteiger partial charge in [0.2, 0.25) is 10.0 Å². The van der Waals surface area contributed by atoms with E-state index in [1.54, 1.807) is 6.92 Å². The molecule has 2 aromatic rings. The lowest BCUT2D eigenvalue weighted by Crippen LogP contribution is -2.27. The van der Waals surface area contributed by atoms with Crippen molar-refractivity contribution in [2.75, 3.05) is 5.88 Å². The fourth-order valence-corrected chi connectivity index (χ4v) is 3.98. The maximum absolute atomic E-state index is 12.6. The number of ketones is 1. The Labute approximate surface area is 145 Å². The van der Waals surface area contributed by atoms with Gasteiger partial charge in [-0.05, 0) is 30.7 Å². The van der Waals surface area contributed by atoms with Crippen LogP contribution >= 0.6 is 23.2 Å². The number of rotatable bonds is 6. The number of hydrogen-bond acceptors (Lipinski definition) is 3. The Morgan fingerprint density at radius 3 is 2.43 bits per heavy atom. The Kier molecular flexibility index (Phi) is 5.81. The van der Waals surface area contributed by atoms with E-state index in [0.29, 0.717) is 0 Å². The third-order valence-electron chi connectivity index (χ3n) is 3.30. The number of carbonyl (C=O) groups excluding carboxylic acids is 1.